The standard InChI is InChI=1S/C17H22BrNO/c1-12-6-4-9-14(16(12)18)17(20)19-11-5-8-13-7-2-3-10-15(13)19/h4,6,9,13,15H,2-3,5,7-8,10-11H2,1H3/t13-,15-/m1/s1. The highest BCUT2D eigenvalue weighted by Gasteiger charge is 2.36. The molecule has 2 atom stereocenters. The molecule has 2 nitrogen and oxygen atoms in total. The maximum Gasteiger partial charge on any atom is 0.255 e. The van der Waals surface area contributed by atoms with Crippen molar-refractivity contribution in [2.24, 2.45) is 5.92 Å². The second-order valence-electron chi connectivity index (χ2n) is 6.19. The van der Waals surface area contributed by atoms with Crippen molar-refractivity contribution >= 4 is 21.8 Å². The van der Waals surface area contributed by atoms with E-state index in [1.807, 2.05) is 25.1 Å². The van der Waals surface area contributed by atoms with Gasteiger partial charge in [-0.15, -0.1) is 0 Å². The highest BCUT2D eigenvalue weighted by molar-refractivity contribution is 9.10. The number of aryl methyl sites for hydroxylation is 1. The van der Waals surface area contributed by atoms with E-state index in [4.69, 9.17) is 0 Å². The first-order chi connectivity index (χ1) is 9.68. The van der Waals surface area contributed by atoms with E-state index in [1.54, 1.807) is 0 Å². The average molecular weight is 336 g/mol. The molecule has 0 radical (unpaired) electrons. The summed E-state index contributed by atoms with van der Waals surface area (Å²) in [7, 11) is 0. The molecule has 1 saturated carbocycles. The van der Waals surface area contributed by atoms with Gasteiger partial charge in [-0.25, -0.2) is 0 Å². The molecule has 1 heterocycles. The number of amides is 1. The molecule has 0 unspecified atom stereocenters. The summed E-state index contributed by atoms with van der Waals surface area (Å²) in [6.45, 7) is 2.97. The first kappa shape index (κ1) is 14.1. The Hall–Kier alpha value is -0.830. The molecule has 2 aliphatic rings. The minimum Gasteiger partial charge on any atom is -0.335 e. The first-order valence-corrected chi connectivity index (χ1v) is 8.54. The van der Waals surface area contributed by atoms with Crippen LogP contribution in [0.15, 0.2) is 22.7 Å². The number of carbonyl (C=O) groups is 1. The monoisotopic (exact) mass is 335 g/mol. The van der Waals surface area contributed by atoms with Gasteiger partial charge in [0.1, 0.15) is 0 Å². The third-order valence-electron chi connectivity index (χ3n) is 4.93. The van der Waals surface area contributed by atoms with Gasteiger partial charge in [-0.05, 0) is 66.1 Å². The first-order valence-electron chi connectivity index (χ1n) is 7.74. The average Bonchev–Trinajstić information content (AvgIpc) is 2.49. The van der Waals surface area contributed by atoms with E-state index in [2.05, 4.69) is 20.8 Å². The quantitative estimate of drug-likeness (QED) is 0.737. The Kier molecular flexibility index (Phi) is 4.16. The maximum absolute atomic E-state index is 12.9. The van der Waals surface area contributed by atoms with E-state index in [9.17, 15) is 4.79 Å². The van der Waals surface area contributed by atoms with Crippen molar-refractivity contribution in [3.05, 3.63) is 33.8 Å². The Balaban J connectivity index is 1.87. The predicted octanol–water partition coefficient (Wildman–Crippen LogP) is 4.55. The Morgan fingerprint density at radius 1 is 1.20 bits per heavy atom. The Labute approximate surface area is 129 Å². The van der Waals surface area contributed by atoms with E-state index in [1.165, 1.54) is 32.1 Å². The predicted molar refractivity (Wildman–Crippen MR) is 84.9 cm³/mol. The molecule has 0 spiro atoms. The summed E-state index contributed by atoms with van der Waals surface area (Å²) in [6, 6.07) is 6.46. The summed E-state index contributed by atoms with van der Waals surface area (Å²) < 4.78 is 0.961. The molecule has 1 aliphatic carbocycles. The van der Waals surface area contributed by atoms with Crippen LogP contribution in [0.1, 0.15) is 54.4 Å². The Morgan fingerprint density at radius 2 is 1.95 bits per heavy atom. The minimum absolute atomic E-state index is 0.220. The number of likely N-dealkylation sites (tertiary alicyclic amines) is 1. The minimum atomic E-state index is 0.220. The third kappa shape index (κ3) is 2.52. The summed E-state index contributed by atoms with van der Waals surface area (Å²) in [4.78, 5) is 15.1. The molecule has 0 bridgehead atoms. The highest BCUT2D eigenvalue weighted by Crippen LogP contribution is 2.36. The zero-order valence-corrected chi connectivity index (χ0v) is 13.7. The van der Waals surface area contributed by atoms with Crippen molar-refractivity contribution < 1.29 is 4.79 Å². The number of hydrogen-bond acceptors (Lipinski definition) is 1. The normalized spacial score (nSPS) is 26.2. The van der Waals surface area contributed by atoms with Crippen molar-refractivity contribution in [1.29, 1.82) is 0 Å². The molecule has 1 aliphatic heterocycles. The molecule has 0 N–H and O–H groups in total. The van der Waals surface area contributed by atoms with Gasteiger partial charge in [0, 0.05) is 17.1 Å². The molecule has 1 aromatic carbocycles. The van der Waals surface area contributed by atoms with E-state index < -0.39 is 0 Å². The van der Waals surface area contributed by atoms with Gasteiger partial charge in [-0.2, -0.15) is 0 Å². The highest BCUT2D eigenvalue weighted by atomic mass is 79.9. The number of fused-ring (bicyclic) bond motifs is 1. The number of carbonyl (C=O) groups excluding carboxylic acids is 1. The number of benzene rings is 1. The number of halogens is 1. The van der Waals surface area contributed by atoms with Crippen LogP contribution in [-0.4, -0.2) is 23.4 Å². The third-order valence-corrected chi connectivity index (χ3v) is 5.98. The lowest BCUT2D eigenvalue weighted by molar-refractivity contribution is 0.0390. The topological polar surface area (TPSA) is 20.3 Å². The fraction of sp³-hybridized carbons (Fsp3) is 0.588. The summed E-state index contributed by atoms with van der Waals surface area (Å²) in [5.41, 5.74) is 1.96. The van der Waals surface area contributed by atoms with Crippen LogP contribution < -0.4 is 0 Å². The van der Waals surface area contributed by atoms with Gasteiger partial charge in [0.05, 0.1) is 5.56 Å². The molecule has 108 valence electrons. The van der Waals surface area contributed by atoms with Crippen molar-refractivity contribution in [3.63, 3.8) is 0 Å². The van der Waals surface area contributed by atoms with E-state index >= 15 is 0 Å². The van der Waals surface area contributed by atoms with Gasteiger partial charge in [0.2, 0.25) is 0 Å². The van der Waals surface area contributed by atoms with Gasteiger partial charge in [0.25, 0.3) is 5.91 Å². The Bertz CT molecular complexity index is 512. The number of piperidine rings is 1. The zero-order valence-electron chi connectivity index (χ0n) is 12.1. The zero-order chi connectivity index (χ0) is 14.1. The van der Waals surface area contributed by atoms with Crippen LogP contribution in [0.4, 0.5) is 0 Å². The van der Waals surface area contributed by atoms with Crippen molar-refractivity contribution in [2.75, 3.05) is 6.54 Å². The summed E-state index contributed by atoms with van der Waals surface area (Å²) in [5.74, 6) is 0.960. The Morgan fingerprint density at radius 3 is 2.80 bits per heavy atom. The molecule has 1 aromatic rings. The SMILES string of the molecule is Cc1cccc(C(=O)N2CCC[C@H]3CCCC[C@H]32)c1Br. The van der Waals surface area contributed by atoms with Gasteiger partial charge in [-0.1, -0.05) is 25.0 Å². The van der Waals surface area contributed by atoms with Crippen LogP contribution in [0.3, 0.4) is 0 Å². The van der Waals surface area contributed by atoms with E-state index in [0.717, 1.165) is 34.5 Å². The van der Waals surface area contributed by atoms with Crippen LogP contribution >= 0.6 is 15.9 Å². The smallest absolute Gasteiger partial charge is 0.255 e. The van der Waals surface area contributed by atoms with Crippen LogP contribution in [0.5, 0.6) is 0 Å². The number of rotatable bonds is 1. The fourth-order valence-corrected chi connectivity index (χ4v) is 4.28. The van der Waals surface area contributed by atoms with E-state index in [-0.39, 0.29) is 5.91 Å². The van der Waals surface area contributed by atoms with Crippen LogP contribution in [0.2, 0.25) is 0 Å². The number of nitrogens with zero attached hydrogens (tertiary/aromatic N) is 1. The molecule has 3 heteroatoms. The molecule has 1 saturated heterocycles. The van der Waals surface area contributed by atoms with Gasteiger partial charge >= 0.3 is 0 Å². The second-order valence-corrected chi connectivity index (χ2v) is 6.98. The maximum atomic E-state index is 12.9. The largest absolute Gasteiger partial charge is 0.335 e. The van der Waals surface area contributed by atoms with Crippen LogP contribution in [0.25, 0.3) is 0 Å². The van der Waals surface area contributed by atoms with Crippen molar-refractivity contribution in [1.82, 2.24) is 4.90 Å². The van der Waals surface area contributed by atoms with Crippen molar-refractivity contribution in [2.45, 2.75) is 51.5 Å². The summed E-state index contributed by atoms with van der Waals surface area (Å²) >= 11 is 3.59. The van der Waals surface area contributed by atoms with Gasteiger partial charge < -0.3 is 4.90 Å². The van der Waals surface area contributed by atoms with Gasteiger partial charge in [0.15, 0.2) is 0 Å². The molecular formula is C17H22BrNO. The molecular weight excluding hydrogens is 314 g/mol. The second kappa shape index (κ2) is 5.88. The lowest BCUT2D eigenvalue weighted by atomic mass is 9.78. The molecule has 2 fully saturated rings. The van der Waals surface area contributed by atoms with E-state index in [0.29, 0.717) is 6.04 Å². The molecule has 20 heavy (non-hydrogen) atoms. The van der Waals surface area contributed by atoms with Crippen LogP contribution in [0, 0.1) is 12.8 Å². The molecule has 3 rings (SSSR count). The summed E-state index contributed by atoms with van der Waals surface area (Å²) in [5, 5.41) is 0. The van der Waals surface area contributed by atoms with Crippen LogP contribution in [-0.2, 0) is 0 Å². The molecule has 1 amide bonds. The van der Waals surface area contributed by atoms with Crippen molar-refractivity contribution in [3.8, 4) is 0 Å². The lowest BCUT2D eigenvalue weighted by Crippen LogP contribution is -2.49. The molecule has 0 aromatic heterocycles. The number of hydrogen-bond donors (Lipinski definition) is 0. The fourth-order valence-electron chi connectivity index (χ4n) is 3.84. The lowest BCUT2D eigenvalue weighted by Gasteiger charge is -2.44. The summed E-state index contributed by atoms with van der Waals surface area (Å²) in [6.07, 6.45) is 7.60. The van der Waals surface area contributed by atoms with Gasteiger partial charge in [-0.3, -0.25) is 4.79 Å².